The van der Waals surface area contributed by atoms with Crippen molar-refractivity contribution in [3.8, 4) is 11.5 Å². The van der Waals surface area contributed by atoms with Crippen molar-refractivity contribution in [3.63, 3.8) is 0 Å². The number of rotatable bonds is 8. The molecule has 0 fully saturated rings. The molecule has 3 rings (SSSR count). The van der Waals surface area contributed by atoms with Gasteiger partial charge in [0.05, 0.1) is 22.6 Å². The van der Waals surface area contributed by atoms with Gasteiger partial charge < -0.3 is 14.8 Å². The van der Waals surface area contributed by atoms with Crippen LogP contribution in [0.3, 0.4) is 0 Å². The first kappa shape index (κ1) is 25.2. The van der Waals surface area contributed by atoms with Crippen molar-refractivity contribution in [1.82, 2.24) is 0 Å². The first-order valence-electron chi connectivity index (χ1n) is 9.54. The van der Waals surface area contributed by atoms with E-state index in [0.29, 0.717) is 17.5 Å². The SMILES string of the molecule is COc1ccc(NC(=O)COc2ccc(S(=O)(=O)Nc3cccc(C(F)(F)F)c3)cc2Cl)cc1. The van der Waals surface area contributed by atoms with Crippen molar-refractivity contribution in [1.29, 1.82) is 0 Å². The van der Waals surface area contributed by atoms with E-state index in [0.717, 1.165) is 24.3 Å². The highest BCUT2D eigenvalue weighted by Crippen LogP contribution is 2.32. The highest BCUT2D eigenvalue weighted by molar-refractivity contribution is 7.92. The van der Waals surface area contributed by atoms with E-state index >= 15 is 0 Å². The Bertz CT molecular complexity index is 1280. The summed E-state index contributed by atoms with van der Waals surface area (Å²) in [7, 11) is -2.72. The fraction of sp³-hybridized carbons (Fsp3) is 0.136. The third kappa shape index (κ3) is 6.55. The zero-order valence-electron chi connectivity index (χ0n) is 17.5. The summed E-state index contributed by atoms with van der Waals surface area (Å²) in [6.07, 6.45) is -4.62. The van der Waals surface area contributed by atoms with Crippen LogP contribution in [0.1, 0.15) is 5.56 Å². The molecule has 0 saturated heterocycles. The van der Waals surface area contributed by atoms with Crippen molar-refractivity contribution in [2.24, 2.45) is 0 Å². The summed E-state index contributed by atoms with van der Waals surface area (Å²) in [6, 6.07) is 13.8. The third-order valence-electron chi connectivity index (χ3n) is 4.39. The van der Waals surface area contributed by atoms with E-state index in [-0.39, 0.29) is 21.4 Å². The van der Waals surface area contributed by atoms with Crippen LogP contribution in [-0.4, -0.2) is 28.0 Å². The first-order valence-corrected chi connectivity index (χ1v) is 11.4. The molecule has 0 atom stereocenters. The second-order valence-electron chi connectivity index (χ2n) is 6.84. The van der Waals surface area contributed by atoms with Crippen LogP contribution in [0.5, 0.6) is 11.5 Å². The van der Waals surface area contributed by atoms with Gasteiger partial charge in [0.25, 0.3) is 15.9 Å². The molecule has 34 heavy (non-hydrogen) atoms. The molecule has 0 aliphatic rings. The number of ether oxygens (including phenoxy) is 2. The Hall–Kier alpha value is -3.44. The van der Waals surface area contributed by atoms with Gasteiger partial charge in [0.2, 0.25) is 0 Å². The van der Waals surface area contributed by atoms with E-state index in [2.05, 4.69) is 10.0 Å². The predicted molar refractivity (Wildman–Crippen MR) is 121 cm³/mol. The van der Waals surface area contributed by atoms with Gasteiger partial charge in [-0.25, -0.2) is 8.42 Å². The Balaban J connectivity index is 1.65. The summed E-state index contributed by atoms with van der Waals surface area (Å²) in [6.45, 7) is -0.402. The number of hydrogen-bond donors (Lipinski definition) is 2. The van der Waals surface area contributed by atoms with Gasteiger partial charge in [-0.05, 0) is 60.7 Å². The van der Waals surface area contributed by atoms with Gasteiger partial charge in [0.1, 0.15) is 11.5 Å². The van der Waals surface area contributed by atoms with E-state index in [1.807, 2.05) is 0 Å². The van der Waals surface area contributed by atoms with Crippen molar-refractivity contribution >= 4 is 38.9 Å². The Morgan fingerprint density at radius 1 is 1.00 bits per heavy atom. The van der Waals surface area contributed by atoms with E-state index in [9.17, 15) is 26.4 Å². The molecule has 0 saturated carbocycles. The molecule has 0 heterocycles. The molecule has 3 aromatic carbocycles. The molecule has 0 aromatic heterocycles. The molecule has 0 radical (unpaired) electrons. The number of sulfonamides is 1. The van der Waals surface area contributed by atoms with Crippen molar-refractivity contribution in [3.05, 3.63) is 77.3 Å². The van der Waals surface area contributed by atoms with E-state index in [1.165, 1.54) is 19.2 Å². The molecule has 180 valence electrons. The fourth-order valence-electron chi connectivity index (χ4n) is 2.75. The molecular weight excluding hydrogens is 497 g/mol. The Morgan fingerprint density at radius 2 is 1.71 bits per heavy atom. The van der Waals surface area contributed by atoms with E-state index in [1.54, 1.807) is 24.3 Å². The normalized spacial score (nSPS) is 11.6. The summed E-state index contributed by atoms with van der Waals surface area (Å²) < 4.78 is 76.2. The number of alkyl halides is 3. The number of methoxy groups -OCH3 is 1. The molecule has 0 aliphatic carbocycles. The smallest absolute Gasteiger partial charge is 0.416 e. The second kappa shape index (κ2) is 10.2. The summed E-state index contributed by atoms with van der Waals surface area (Å²) in [5.41, 5.74) is -0.744. The molecule has 1 amide bonds. The Morgan fingerprint density at radius 3 is 2.32 bits per heavy atom. The molecule has 7 nitrogen and oxygen atoms in total. The van der Waals surface area contributed by atoms with Crippen molar-refractivity contribution in [2.75, 3.05) is 23.8 Å². The van der Waals surface area contributed by atoms with Crippen LogP contribution in [0.25, 0.3) is 0 Å². The monoisotopic (exact) mass is 514 g/mol. The highest BCUT2D eigenvalue weighted by atomic mass is 35.5. The average molecular weight is 515 g/mol. The van der Waals surface area contributed by atoms with Crippen LogP contribution >= 0.6 is 11.6 Å². The van der Waals surface area contributed by atoms with Gasteiger partial charge in [-0.2, -0.15) is 13.2 Å². The average Bonchev–Trinajstić information content (AvgIpc) is 2.78. The minimum atomic E-state index is -4.62. The van der Waals surface area contributed by atoms with Crippen LogP contribution in [-0.2, 0) is 21.0 Å². The van der Waals surface area contributed by atoms with Crippen LogP contribution in [0.2, 0.25) is 5.02 Å². The number of nitrogens with one attached hydrogen (secondary N) is 2. The number of benzene rings is 3. The number of amides is 1. The van der Waals surface area contributed by atoms with Gasteiger partial charge in [0, 0.05) is 11.4 Å². The van der Waals surface area contributed by atoms with Crippen molar-refractivity contribution in [2.45, 2.75) is 11.1 Å². The minimum Gasteiger partial charge on any atom is -0.497 e. The number of carbonyl (C=O) groups excluding carboxylic acids is 1. The lowest BCUT2D eigenvalue weighted by Crippen LogP contribution is -2.20. The lowest BCUT2D eigenvalue weighted by molar-refractivity contribution is -0.137. The maximum absolute atomic E-state index is 12.9. The maximum Gasteiger partial charge on any atom is 0.416 e. The van der Waals surface area contributed by atoms with E-state index in [4.69, 9.17) is 21.1 Å². The predicted octanol–water partition coefficient (Wildman–Crippen LogP) is 5.19. The summed E-state index contributed by atoms with van der Waals surface area (Å²) in [5.74, 6) is 0.187. The van der Waals surface area contributed by atoms with Gasteiger partial charge in [-0.1, -0.05) is 17.7 Å². The molecule has 3 aromatic rings. The molecule has 0 unspecified atom stereocenters. The quantitative estimate of drug-likeness (QED) is 0.432. The second-order valence-corrected chi connectivity index (χ2v) is 8.93. The standard InChI is InChI=1S/C22H18ClF3N2O5S/c1-32-17-7-5-15(6-8-17)27-21(29)13-33-20-10-9-18(12-19(20)23)34(30,31)28-16-4-2-3-14(11-16)22(24,25)26/h2-12,28H,13H2,1H3,(H,27,29). The topological polar surface area (TPSA) is 93.7 Å². The van der Waals surface area contributed by atoms with Crippen LogP contribution < -0.4 is 19.5 Å². The lowest BCUT2D eigenvalue weighted by Gasteiger charge is -2.13. The van der Waals surface area contributed by atoms with Gasteiger partial charge in [0.15, 0.2) is 6.61 Å². The number of carbonyl (C=O) groups is 1. The van der Waals surface area contributed by atoms with Crippen LogP contribution in [0, 0.1) is 0 Å². The Labute approximate surface area is 198 Å². The van der Waals surface area contributed by atoms with Crippen LogP contribution in [0.15, 0.2) is 71.6 Å². The van der Waals surface area contributed by atoms with Crippen molar-refractivity contribution < 1.29 is 35.9 Å². The van der Waals surface area contributed by atoms with Gasteiger partial charge in [-0.15, -0.1) is 0 Å². The summed E-state index contributed by atoms with van der Waals surface area (Å²) in [4.78, 5) is 11.8. The maximum atomic E-state index is 12.9. The number of hydrogen-bond acceptors (Lipinski definition) is 5. The summed E-state index contributed by atoms with van der Waals surface area (Å²) in [5, 5.41) is 2.51. The number of anilines is 2. The molecule has 0 aliphatic heterocycles. The molecule has 12 heteroatoms. The van der Waals surface area contributed by atoms with Gasteiger partial charge >= 0.3 is 6.18 Å². The molecular formula is C22H18ClF3N2O5S. The lowest BCUT2D eigenvalue weighted by atomic mass is 10.2. The minimum absolute atomic E-state index is 0.0459. The zero-order valence-corrected chi connectivity index (χ0v) is 19.1. The largest absolute Gasteiger partial charge is 0.497 e. The number of halogens is 4. The summed E-state index contributed by atoms with van der Waals surface area (Å²) >= 11 is 6.09. The third-order valence-corrected chi connectivity index (χ3v) is 6.06. The Kier molecular flexibility index (Phi) is 7.57. The first-order chi connectivity index (χ1) is 16.0. The van der Waals surface area contributed by atoms with Crippen LogP contribution in [0.4, 0.5) is 24.5 Å². The highest BCUT2D eigenvalue weighted by Gasteiger charge is 2.30. The zero-order chi connectivity index (χ0) is 24.9. The molecule has 2 N–H and O–H groups in total. The van der Waals surface area contributed by atoms with E-state index < -0.39 is 34.3 Å². The molecule has 0 spiro atoms. The molecule has 0 bridgehead atoms. The van der Waals surface area contributed by atoms with Gasteiger partial charge in [-0.3, -0.25) is 9.52 Å². The fourth-order valence-corrected chi connectivity index (χ4v) is 4.13.